The number of pyridine rings is 1. The summed E-state index contributed by atoms with van der Waals surface area (Å²) in [5.74, 6) is 0.151. The van der Waals surface area contributed by atoms with Gasteiger partial charge in [0.1, 0.15) is 0 Å². The van der Waals surface area contributed by atoms with Gasteiger partial charge < -0.3 is 10.2 Å². The summed E-state index contributed by atoms with van der Waals surface area (Å²) in [5, 5.41) is 3.32. The molecule has 1 spiro atoms. The van der Waals surface area contributed by atoms with Gasteiger partial charge in [0, 0.05) is 12.8 Å². The monoisotopic (exact) mass is 309 g/mol. The van der Waals surface area contributed by atoms with Crippen molar-refractivity contribution in [3.8, 4) is 0 Å². The lowest BCUT2D eigenvalue weighted by Crippen LogP contribution is -2.42. The van der Waals surface area contributed by atoms with Crippen LogP contribution >= 0.6 is 0 Å². The summed E-state index contributed by atoms with van der Waals surface area (Å²) in [6.07, 6.45) is 5.21. The van der Waals surface area contributed by atoms with Crippen molar-refractivity contribution in [2.75, 3.05) is 30.8 Å². The molecule has 2 aliphatic rings. The van der Waals surface area contributed by atoms with Crippen LogP contribution in [0.4, 0.5) is 5.69 Å². The fourth-order valence-corrected chi connectivity index (χ4v) is 3.75. The maximum absolute atomic E-state index is 12.7. The Hall–Kier alpha value is -1.47. The van der Waals surface area contributed by atoms with Gasteiger partial charge in [-0.25, -0.2) is 13.4 Å². The maximum atomic E-state index is 12.7. The number of carbonyl (C=O) groups excluding carboxylic acids is 1. The SMILES string of the molecule is CS(=O)(=O)c1ccc(N2CCC3(CCNCC3)C2=O)cn1. The van der Waals surface area contributed by atoms with Crippen LogP contribution in [-0.4, -0.2) is 45.2 Å². The molecule has 3 rings (SSSR count). The van der Waals surface area contributed by atoms with Crippen molar-refractivity contribution >= 4 is 21.4 Å². The Bertz CT molecular complexity index is 649. The van der Waals surface area contributed by atoms with Gasteiger partial charge in [-0.05, 0) is 44.5 Å². The smallest absolute Gasteiger partial charge is 0.233 e. The zero-order valence-electron chi connectivity index (χ0n) is 12.0. The minimum absolute atomic E-state index is 0.0366. The lowest BCUT2D eigenvalue weighted by Gasteiger charge is -2.32. The Morgan fingerprint density at radius 1 is 1.24 bits per heavy atom. The van der Waals surface area contributed by atoms with Gasteiger partial charge in [0.15, 0.2) is 14.9 Å². The maximum Gasteiger partial charge on any atom is 0.233 e. The largest absolute Gasteiger partial charge is 0.317 e. The van der Waals surface area contributed by atoms with Crippen molar-refractivity contribution in [3.05, 3.63) is 18.3 Å². The molecule has 0 bridgehead atoms. The number of amides is 1. The van der Waals surface area contributed by atoms with E-state index in [-0.39, 0.29) is 16.3 Å². The molecule has 1 aromatic heterocycles. The van der Waals surface area contributed by atoms with Crippen LogP contribution in [-0.2, 0) is 14.6 Å². The molecule has 2 saturated heterocycles. The minimum atomic E-state index is -3.31. The second-order valence-electron chi connectivity index (χ2n) is 5.86. The zero-order chi connectivity index (χ0) is 15.1. The molecule has 0 aromatic carbocycles. The standard InChI is InChI=1S/C14H19N3O3S/c1-21(19,20)12-3-2-11(10-16-12)17-9-6-14(13(17)18)4-7-15-8-5-14/h2-3,10,15H,4-9H2,1H3. The molecule has 0 aliphatic carbocycles. The van der Waals surface area contributed by atoms with Gasteiger partial charge in [-0.15, -0.1) is 0 Å². The van der Waals surface area contributed by atoms with Crippen molar-refractivity contribution in [2.24, 2.45) is 5.41 Å². The Labute approximate surface area is 124 Å². The molecule has 2 aliphatic heterocycles. The van der Waals surface area contributed by atoms with E-state index in [0.717, 1.165) is 38.6 Å². The number of hydrogen-bond donors (Lipinski definition) is 1. The van der Waals surface area contributed by atoms with E-state index in [0.29, 0.717) is 12.2 Å². The molecule has 3 heterocycles. The van der Waals surface area contributed by atoms with Gasteiger partial charge in [-0.1, -0.05) is 0 Å². The van der Waals surface area contributed by atoms with Gasteiger partial charge in [0.25, 0.3) is 0 Å². The summed E-state index contributed by atoms with van der Waals surface area (Å²) in [6, 6.07) is 3.13. The van der Waals surface area contributed by atoms with Gasteiger partial charge in [0.2, 0.25) is 5.91 Å². The van der Waals surface area contributed by atoms with E-state index in [2.05, 4.69) is 10.3 Å². The van der Waals surface area contributed by atoms with Crippen molar-refractivity contribution in [1.82, 2.24) is 10.3 Å². The highest BCUT2D eigenvalue weighted by Gasteiger charge is 2.47. The van der Waals surface area contributed by atoms with Crippen molar-refractivity contribution in [1.29, 1.82) is 0 Å². The first-order valence-electron chi connectivity index (χ1n) is 7.11. The summed E-state index contributed by atoms with van der Waals surface area (Å²) in [4.78, 5) is 18.4. The molecule has 0 unspecified atom stereocenters. The van der Waals surface area contributed by atoms with Crippen molar-refractivity contribution in [2.45, 2.75) is 24.3 Å². The van der Waals surface area contributed by atoms with E-state index < -0.39 is 9.84 Å². The molecule has 1 N–H and O–H groups in total. The number of nitrogens with zero attached hydrogens (tertiary/aromatic N) is 2. The number of nitrogens with one attached hydrogen (secondary N) is 1. The third kappa shape index (κ3) is 2.55. The molecular weight excluding hydrogens is 290 g/mol. The third-order valence-electron chi connectivity index (χ3n) is 4.49. The quantitative estimate of drug-likeness (QED) is 0.865. The van der Waals surface area contributed by atoms with Gasteiger partial charge in [0.05, 0.1) is 17.3 Å². The molecule has 6 nitrogen and oxygen atoms in total. The predicted octanol–water partition coefficient (Wildman–Crippen LogP) is 0.592. The second kappa shape index (κ2) is 5.06. The Balaban J connectivity index is 1.83. The summed E-state index contributed by atoms with van der Waals surface area (Å²) in [7, 11) is -3.31. The number of hydrogen-bond acceptors (Lipinski definition) is 5. The number of sulfone groups is 1. The first-order chi connectivity index (χ1) is 9.92. The average molecular weight is 309 g/mol. The van der Waals surface area contributed by atoms with Crippen LogP contribution in [0.3, 0.4) is 0 Å². The number of aromatic nitrogens is 1. The van der Waals surface area contributed by atoms with E-state index in [1.165, 1.54) is 12.3 Å². The lowest BCUT2D eigenvalue weighted by molar-refractivity contribution is -0.126. The fourth-order valence-electron chi connectivity index (χ4n) is 3.19. The first-order valence-corrected chi connectivity index (χ1v) is 9.00. The Morgan fingerprint density at radius 2 is 1.95 bits per heavy atom. The highest BCUT2D eigenvalue weighted by molar-refractivity contribution is 7.90. The molecule has 21 heavy (non-hydrogen) atoms. The van der Waals surface area contributed by atoms with Gasteiger partial charge in [-0.2, -0.15) is 0 Å². The highest BCUT2D eigenvalue weighted by Crippen LogP contribution is 2.41. The van der Waals surface area contributed by atoms with E-state index in [4.69, 9.17) is 0 Å². The molecule has 1 amide bonds. The van der Waals surface area contributed by atoms with Crippen molar-refractivity contribution in [3.63, 3.8) is 0 Å². The first kappa shape index (κ1) is 14.5. The Kier molecular flexibility index (Phi) is 3.49. The van der Waals surface area contributed by atoms with Crippen molar-refractivity contribution < 1.29 is 13.2 Å². The average Bonchev–Trinajstić information content (AvgIpc) is 2.76. The summed E-state index contributed by atoms with van der Waals surface area (Å²) in [6.45, 7) is 2.44. The van der Waals surface area contributed by atoms with Crippen LogP contribution in [0, 0.1) is 5.41 Å². The molecule has 2 fully saturated rings. The number of piperidine rings is 1. The summed E-state index contributed by atoms with van der Waals surface area (Å²) < 4.78 is 22.8. The Morgan fingerprint density at radius 3 is 2.52 bits per heavy atom. The molecule has 0 saturated carbocycles. The topological polar surface area (TPSA) is 79.4 Å². The van der Waals surface area contributed by atoms with Crippen LogP contribution in [0.25, 0.3) is 0 Å². The van der Waals surface area contributed by atoms with Crippen LogP contribution in [0.5, 0.6) is 0 Å². The zero-order valence-corrected chi connectivity index (χ0v) is 12.8. The fraction of sp³-hybridized carbons (Fsp3) is 0.571. The highest BCUT2D eigenvalue weighted by atomic mass is 32.2. The molecule has 114 valence electrons. The summed E-state index contributed by atoms with van der Waals surface area (Å²) in [5.41, 5.74) is 0.448. The van der Waals surface area contributed by atoms with Gasteiger partial charge in [-0.3, -0.25) is 4.79 Å². The van der Waals surface area contributed by atoms with Crippen LogP contribution in [0.2, 0.25) is 0 Å². The molecular formula is C14H19N3O3S. The number of anilines is 1. The predicted molar refractivity (Wildman–Crippen MR) is 78.9 cm³/mol. The van der Waals surface area contributed by atoms with E-state index in [9.17, 15) is 13.2 Å². The molecule has 1 aromatic rings. The van der Waals surface area contributed by atoms with Gasteiger partial charge >= 0.3 is 0 Å². The third-order valence-corrected chi connectivity index (χ3v) is 5.49. The van der Waals surface area contributed by atoms with E-state index in [1.54, 1.807) is 11.0 Å². The van der Waals surface area contributed by atoms with Crippen LogP contribution in [0.15, 0.2) is 23.4 Å². The number of carbonyl (C=O) groups is 1. The molecule has 0 radical (unpaired) electrons. The second-order valence-corrected chi connectivity index (χ2v) is 7.83. The minimum Gasteiger partial charge on any atom is -0.317 e. The van der Waals surface area contributed by atoms with E-state index in [1.807, 2.05) is 0 Å². The molecule has 0 atom stereocenters. The molecule has 7 heteroatoms. The van der Waals surface area contributed by atoms with E-state index >= 15 is 0 Å². The normalized spacial score (nSPS) is 22.0. The van der Waals surface area contributed by atoms with Crippen LogP contribution < -0.4 is 10.2 Å². The lowest BCUT2D eigenvalue weighted by atomic mass is 9.78. The summed E-state index contributed by atoms with van der Waals surface area (Å²) >= 11 is 0. The van der Waals surface area contributed by atoms with Crippen LogP contribution in [0.1, 0.15) is 19.3 Å². The number of rotatable bonds is 2.